The van der Waals surface area contributed by atoms with Crippen LogP contribution in [0, 0.1) is 11.3 Å². The summed E-state index contributed by atoms with van der Waals surface area (Å²) in [4.78, 5) is 2.02. The Labute approximate surface area is 110 Å². The van der Waals surface area contributed by atoms with E-state index in [0.29, 0.717) is 0 Å². The number of halogens is 1. The molecule has 1 unspecified atom stereocenters. The highest BCUT2D eigenvalue weighted by molar-refractivity contribution is 9.10. The number of nitrogens with zero attached hydrogens (tertiary/aromatic N) is 2. The highest BCUT2D eigenvalue weighted by Crippen LogP contribution is 2.33. The van der Waals surface area contributed by atoms with E-state index in [1.165, 1.54) is 5.56 Å². The molecule has 3 nitrogen and oxygen atoms in total. The summed E-state index contributed by atoms with van der Waals surface area (Å²) in [5, 5.41) is 8.90. The lowest BCUT2D eigenvalue weighted by Crippen LogP contribution is -2.27. The van der Waals surface area contributed by atoms with Crippen LogP contribution in [-0.2, 0) is 13.0 Å². The molecule has 1 aliphatic rings. The number of benzene rings is 1. The van der Waals surface area contributed by atoms with Crippen LogP contribution in [0.3, 0.4) is 0 Å². The van der Waals surface area contributed by atoms with E-state index >= 15 is 0 Å². The van der Waals surface area contributed by atoms with Crippen molar-refractivity contribution in [1.82, 2.24) is 4.90 Å². The summed E-state index contributed by atoms with van der Waals surface area (Å²) in [6.07, 6.45) is 0.972. The van der Waals surface area contributed by atoms with E-state index in [-0.39, 0.29) is 6.04 Å². The number of hydrogen-bond acceptors (Lipinski definition) is 3. The van der Waals surface area contributed by atoms with Gasteiger partial charge in [0.25, 0.3) is 0 Å². The van der Waals surface area contributed by atoms with Gasteiger partial charge in [0, 0.05) is 23.0 Å². The molecule has 0 saturated heterocycles. The number of hydrogen-bond donors (Lipinski definition) is 0. The molecular formula is C13H15BrN2O. The number of ether oxygens (including phenoxy) is 1. The Balaban J connectivity index is 2.25. The van der Waals surface area contributed by atoms with Crippen LogP contribution in [-0.4, -0.2) is 24.6 Å². The standard InChI is InChI=1S/C13H15BrN2O/c1-9(7-15)16(2)8-11-6-12(14)5-10-3-4-17-13(10)11/h5-6,9H,3-4,8H2,1-2H3. The summed E-state index contributed by atoms with van der Waals surface area (Å²) in [5.41, 5.74) is 2.41. The van der Waals surface area contributed by atoms with Crippen molar-refractivity contribution in [2.45, 2.75) is 25.9 Å². The van der Waals surface area contributed by atoms with Gasteiger partial charge in [-0.25, -0.2) is 0 Å². The quantitative estimate of drug-likeness (QED) is 0.860. The van der Waals surface area contributed by atoms with Crippen molar-refractivity contribution < 1.29 is 4.74 Å². The van der Waals surface area contributed by atoms with Gasteiger partial charge in [0.15, 0.2) is 0 Å². The second kappa shape index (κ2) is 5.07. The molecule has 1 aliphatic heterocycles. The van der Waals surface area contributed by atoms with Gasteiger partial charge in [0.05, 0.1) is 18.7 Å². The smallest absolute Gasteiger partial charge is 0.127 e. The van der Waals surface area contributed by atoms with Crippen LogP contribution in [0.4, 0.5) is 0 Å². The summed E-state index contributed by atoms with van der Waals surface area (Å²) >= 11 is 3.52. The minimum atomic E-state index is -0.0916. The summed E-state index contributed by atoms with van der Waals surface area (Å²) in [6, 6.07) is 6.33. The highest BCUT2D eigenvalue weighted by atomic mass is 79.9. The van der Waals surface area contributed by atoms with E-state index in [1.54, 1.807) is 0 Å². The van der Waals surface area contributed by atoms with E-state index in [2.05, 4.69) is 34.1 Å². The van der Waals surface area contributed by atoms with E-state index in [1.807, 2.05) is 18.9 Å². The van der Waals surface area contributed by atoms with Gasteiger partial charge in [-0.1, -0.05) is 15.9 Å². The second-order valence-electron chi connectivity index (χ2n) is 4.37. The summed E-state index contributed by atoms with van der Waals surface area (Å²) < 4.78 is 6.75. The van der Waals surface area contributed by atoms with Gasteiger partial charge < -0.3 is 4.74 Å². The van der Waals surface area contributed by atoms with Crippen LogP contribution in [0.15, 0.2) is 16.6 Å². The van der Waals surface area contributed by atoms with Crippen molar-refractivity contribution in [3.05, 3.63) is 27.7 Å². The molecule has 0 aliphatic carbocycles. The molecule has 0 radical (unpaired) electrons. The first-order valence-electron chi connectivity index (χ1n) is 5.65. The Bertz CT molecular complexity index is 467. The predicted octanol–water partition coefficient (Wildman–Crippen LogP) is 2.73. The number of rotatable bonds is 3. The van der Waals surface area contributed by atoms with E-state index in [0.717, 1.165) is 35.4 Å². The van der Waals surface area contributed by atoms with Gasteiger partial charge in [0.2, 0.25) is 0 Å². The van der Waals surface area contributed by atoms with Crippen molar-refractivity contribution >= 4 is 15.9 Å². The van der Waals surface area contributed by atoms with E-state index in [9.17, 15) is 0 Å². The van der Waals surface area contributed by atoms with Gasteiger partial charge in [-0.3, -0.25) is 4.90 Å². The van der Waals surface area contributed by atoms with Crippen molar-refractivity contribution in [3.63, 3.8) is 0 Å². The summed E-state index contributed by atoms with van der Waals surface area (Å²) in [7, 11) is 1.95. The fraction of sp³-hybridized carbons (Fsp3) is 0.462. The Morgan fingerprint density at radius 3 is 3.06 bits per heavy atom. The van der Waals surface area contributed by atoms with Gasteiger partial charge in [-0.15, -0.1) is 0 Å². The number of nitriles is 1. The maximum Gasteiger partial charge on any atom is 0.127 e. The van der Waals surface area contributed by atoms with Gasteiger partial charge in [0.1, 0.15) is 5.75 Å². The minimum absolute atomic E-state index is 0.0916. The van der Waals surface area contributed by atoms with Gasteiger partial charge >= 0.3 is 0 Å². The predicted molar refractivity (Wildman–Crippen MR) is 69.9 cm³/mol. The van der Waals surface area contributed by atoms with Crippen molar-refractivity contribution in [2.75, 3.05) is 13.7 Å². The Hall–Kier alpha value is -1.05. The zero-order valence-electron chi connectivity index (χ0n) is 10.0. The SMILES string of the molecule is CC(C#N)N(C)Cc1cc(Br)cc2c1OCC2. The van der Waals surface area contributed by atoms with Crippen LogP contribution in [0.2, 0.25) is 0 Å². The number of fused-ring (bicyclic) bond motifs is 1. The largest absolute Gasteiger partial charge is 0.493 e. The third-order valence-corrected chi connectivity index (χ3v) is 3.55. The molecule has 0 saturated carbocycles. The van der Waals surface area contributed by atoms with Crippen molar-refractivity contribution in [2.24, 2.45) is 0 Å². The molecule has 0 amide bonds. The zero-order chi connectivity index (χ0) is 12.4. The lowest BCUT2D eigenvalue weighted by Gasteiger charge is -2.20. The molecule has 0 aromatic heterocycles. The molecule has 0 bridgehead atoms. The molecule has 90 valence electrons. The summed E-state index contributed by atoms with van der Waals surface area (Å²) in [6.45, 7) is 3.39. The molecule has 1 atom stereocenters. The van der Waals surface area contributed by atoms with Crippen LogP contribution < -0.4 is 4.74 Å². The molecule has 0 N–H and O–H groups in total. The molecule has 4 heteroatoms. The lowest BCUT2D eigenvalue weighted by atomic mass is 10.1. The van der Waals surface area contributed by atoms with Gasteiger partial charge in [-0.05, 0) is 31.7 Å². The molecule has 17 heavy (non-hydrogen) atoms. The van der Waals surface area contributed by atoms with Crippen LogP contribution in [0.1, 0.15) is 18.1 Å². The van der Waals surface area contributed by atoms with Crippen molar-refractivity contribution in [1.29, 1.82) is 5.26 Å². The Morgan fingerprint density at radius 1 is 1.59 bits per heavy atom. The molecule has 1 aromatic rings. The fourth-order valence-electron chi connectivity index (χ4n) is 1.97. The third-order valence-electron chi connectivity index (χ3n) is 3.09. The average molecular weight is 295 g/mol. The van der Waals surface area contributed by atoms with Crippen LogP contribution >= 0.6 is 15.9 Å². The molecule has 0 fully saturated rings. The molecule has 1 heterocycles. The topological polar surface area (TPSA) is 36.3 Å². The van der Waals surface area contributed by atoms with E-state index in [4.69, 9.17) is 10.00 Å². The average Bonchev–Trinajstić information content (AvgIpc) is 2.75. The summed E-state index contributed by atoms with van der Waals surface area (Å²) in [5.74, 6) is 1.00. The zero-order valence-corrected chi connectivity index (χ0v) is 11.6. The Morgan fingerprint density at radius 2 is 2.35 bits per heavy atom. The molecule has 0 spiro atoms. The van der Waals surface area contributed by atoms with Crippen molar-refractivity contribution in [3.8, 4) is 11.8 Å². The van der Waals surface area contributed by atoms with Crippen LogP contribution in [0.25, 0.3) is 0 Å². The first-order valence-corrected chi connectivity index (χ1v) is 6.45. The first kappa shape index (κ1) is 12.4. The molecule has 2 rings (SSSR count). The fourth-order valence-corrected chi connectivity index (χ4v) is 2.52. The maximum atomic E-state index is 8.90. The van der Waals surface area contributed by atoms with Gasteiger partial charge in [-0.2, -0.15) is 5.26 Å². The van der Waals surface area contributed by atoms with Crippen LogP contribution in [0.5, 0.6) is 5.75 Å². The first-order chi connectivity index (χ1) is 8.11. The third kappa shape index (κ3) is 2.62. The Kier molecular flexibility index (Phi) is 3.70. The molecular weight excluding hydrogens is 280 g/mol. The minimum Gasteiger partial charge on any atom is -0.493 e. The molecule has 1 aromatic carbocycles. The normalized spacial score (nSPS) is 15.2. The lowest BCUT2D eigenvalue weighted by molar-refractivity contribution is 0.285. The monoisotopic (exact) mass is 294 g/mol. The maximum absolute atomic E-state index is 8.90. The second-order valence-corrected chi connectivity index (χ2v) is 5.29. The van der Waals surface area contributed by atoms with E-state index < -0.39 is 0 Å². The highest BCUT2D eigenvalue weighted by Gasteiger charge is 2.19.